The second kappa shape index (κ2) is 6.86. The molecule has 2 aliphatic rings. The van der Waals surface area contributed by atoms with Gasteiger partial charge in [-0.15, -0.1) is 0 Å². The van der Waals surface area contributed by atoms with Crippen molar-refractivity contribution in [1.29, 1.82) is 0 Å². The van der Waals surface area contributed by atoms with Gasteiger partial charge in [0.15, 0.2) is 5.69 Å². The Hall–Kier alpha value is -2.90. The van der Waals surface area contributed by atoms with E-state index in [1.165, 1.54) is 25.6 Å². The number of esters is 1. The Bertz CT molecular complexity index is 973. The van der Waals surface area contributed by atoms with Crippen LogP contribution in [0, 0.1) is 11.2 Å². The second-order valence-corrected chi connectivity index (χ2v) is 8.59. The van der Waals surface area contributed by atoms with E-state index in [0.29, 0.717) is 30.2 Å². The lowest BCUT2D eigenvalue weighted by Gasteiger charge is -2.45. The summed E-state index contributed by atoms with van der Waals surface area (Å²) in [5.74, 6) is -0.987. The fourth-order valence-corrected chi connectivity index (χ4v) is 4.29. The van der Waals surface area contributed by atoms with E-state index in [2.05, 4.69) is 4.98 Å². The summed E-state index contributed by atoms with van der Waals surface area (Å²) >= 11 is 0. The molecule has 0 spiro atoms. The molecule has 1 aromatic carbocycles. The average molecular weight is 400 g/mol. The van der Waals surface area contributed by atoms with Gasteiger partial charge < -0.3 is 9.64 Å². The molecule has 154 valence electrons. The third-order valence-corrected chi connectivity index (χ3v) is 5.56. The van der Waals surface area contributed by atoms with Crippen LogP contribution in [0.15, 0.2) is 24.5 Å². The van der Waals surface area contributed by atoms with Crippen LogP contribution in [0.3, 0.4) is 0 Å². The molecule has 0 saturated carbocycles. The number of hydrogen-bond donors (Lipinski definition) is 0. The number of benzene rings is 1. The van der Waals surface area contributed by atoms with Crippen LogP contribution in [0.2, 0.25) is 0 Å². The Kier molecular flexibility index (Phi) is 4.59. The average Bonchev–Trinajstić information content (AvgIpc) is 3.34. The minimum Gasteiger partial charge on any atom is -0.464 e. The first kappa shape index (κ1) is 19.4. The van der Waals surface area contributed by atoms with Crippen molar-refractivity contribution in [3.05, 3.63) is 41.7 Å². The lowest BCUT2D eigenvalue weighted by atomic mass is 9.81. The number of methoxy groups -OCH3 is 1. The number of urea groups is 1. The Morgan fingerprint density at radius 3 is 2.48 bits per heavy atom. The molecular formula is C21H25FN4O3. The third-order valence-electron chi connectivity index (χ3n) is 5.56. The molecule has 7 nitrogen and oxygen atoms in total. The zero-order chi connectivity index (χ0) is 20.9. The number of nitrogens with zero attached hydrogens (tertiary/aromatic N) is 4. The molecule has 1 saturated heterocycles. The molecule has 0 N–H and O–H groups in total. The van der Waals surface area contributed by atoms with Crippen molar-refractivity contribution in [2.45, 2.75) is 39.7 Å². The highest BCUT2D eigenvalue weighted by molar-refractivity contribution is 5.98. The Labute approximate surface area is 169 Å². The Balaban J connectivity index is 1.99. The largest absolute Gasteiger partial charge is 0.464 e. The summed E-state index contributed by atoms with van der Waals surface area (Å²) in [5, 5.41) is 0. The van der Waals surface area contributed by atoms with Crippen LogP contribution in [0.5, 0.6) is 0 Å². The summed E-state index contributed by atoms with van der Waals surface area (Å²) in [7, 11) is 1.31. The van der Waals surface area contributed by atoms with Gasteiger partial charge in [0.05, 0.1) is 30.2 Å². The molecule has 2 aromatic rings. The number of imidazole rings is 1. The predicted octanol–water partition coefficient (Wildman–Crippen LogP) is 3.92. The van der Waals surface area contributed by atoms with Crippen molar-refractivity contribution in [3.63, 3.8) is 0 Å². The molecule has 29 heavy (non-hydrogen) atoms. The molecule has 2 amide bonds. The highest BCUT2D eigenvalue weighted by Gasteiger charge is 2.46. The smallest absolute Gasteiger partial charge is 0.358 e. The number of amides is 2. The summed E-state index contributed by atoms with van der Waals surface area (Å²) in [4.78, 5) is 33.8. The third kappa shape index (κ3) is 3.07. The molecule has 1 fully saturated rings. The number of carbonyl (C=O) groups is 2. The van der Waals surface area contributed by atoms with Crippen LogP contribution in [0.4, 0.5) is 14.9 Å². The van der Waals surface area contributed by atoms with Gasteiger partial charge in [0.25, 0.3) is 0 Å². The quantitative estimate of drug-likeness (QED) is 0.681. The Morgan fingerprint density at radius 2 is 1.86 bits per heavy atom. The van der Waals surface area contributed by atoms with Gasteiger partial charge in [0.2, 0.25) is 0 Å². The summed E-state index contributed by atoms with van der Waals surface area (Å²) in [5.41, 5.74) is 1.37. The standard InChI is InChI=1S/C21H25FN4O3/c1-21(2,3)18-17-16(19(27)29-4)23-12-25(17)14-8-7-13(22)11-15(14)26(18)20(28)24-9-5-6-10-24/h7-8,11-12,18H,5-6,9-10H2,1-4H3/t18-/m0/s1. The van der Waals surface area contributed by atoms with Crippen LogP contribution in [-0.4, -0.2) is 46.7 Å². The molecule has 1 atom stereocenters. The van der Waals surface area contributed by atoms with Gasteiger partial charge in [-0.3, -0.25) is 9.47 Å². The molecule has 0 unspecified atom stereocenters. The van der Waals surface area contributed by atoms with E-state index in [9.17, 15) is 14.0 Å². The maximum Gasteiger partial charge on any atom is 0.358 e. The predicted molar refractivity (Wildman–Crippen MR) is 106 cm³/mol. The minimum absolute atomic E-state index is 0.168. The molecule has 0 bridgehead atoms. The summed E-state index contributed by atoms with van der Waals surface area (Å²) < 4.78 is 20.9. The van der Waals surface area contributed by atoms with E-state index in [1.54, 1.807) is 20.4 Å². The van der Waals surface area contributed by atoms with E-state index in [0.717, 1.165) is 12.8 Å². The molecule has 1 aromatic heterocycles. The van der Waals surface area contributed by atoms with Crippen LogP contribution >= 0.6 is 0 Å². The fraction of sp³-hybridized carbons (Fsp3) is 0.476. The Morgan fingerprint density at radius 1 is 1.17 bits per heavy atom. The summed E-state index contributed by atoms with van der Waals surface area (Å²) in [6, 6.07) is 3.62. The van der Waals surface area contributed by atoms with Crippen LogP contribution < -0.4 is 4.90 Å². The molecular weight excluding hydrogens is 375 g/mol. The van der Waals surface area contributed by atoms with Crippen molar-refractivity contribution in [3.8, 4) is 5.69 Å². The monoisotopic (exact) mass is 400 g/mol. The van der Waals surface area contributed by atoms with Crippen molar-refractivity contribution in [2.75, 3.05) is 25.1 Å². The number of ether oxygens (including phenoxy) is 1. The molecule has 2 aliphatic heterocycles. The molecule has 0 aliphatic carbocycles. The van der Waals surface area contributed by atoms with Crippen LogP contribution in [-0.2, 0) is 4.74 Å². The van der Waals surface area contributed by atoms with Crippen LogP contribution in [0.25, 0.3) is 5.69 Å². The van der Waals surface area contributed by atoms with Crippen molar-refractivity contribution < 1.29 is 18.7 Å². The number of fused-ring (bicyclic) bond motifs is 3. The lowest BCUT2D eigenvalue weighted by Crippen LogP contribution is -2.50. The molecule has 0 radical (unpaired) electrons. The number of aromatic nitrogens is 2. The zero-order valence-corrected chi connectivity index (χ0v) is 17.1. The van der Waals surface area contributed by atoms with Crippen molar-refractivity contribution in [2.24, 2.45) is 5.41 Å². The number of anilines is 1. The van der Waals surface area contributed by atoms with E-state index in [1.807, 2.05) is 20.8 Å². The first-order valence-electron chi connectivity index (χ1n) is 9.77. The zero-order valence-electron chi connectivity index (χ0n) is 17.1. The highest BCUT2D eigenvalue weighted by atomic mass is 19.1. The van der Waals surface area contributed by atoms with Gasteiger partial charge in [-0.1, -0.05) is 20.8 Å². The van der Waals surface area contributed by atoms with Gasteiger partial charge in [0.1, 0.15) is 12.1 Å². The van der Waals surface area contributed by atoms with E-state index in [-0.39, 0.29) is 11.7 Å². The number of hydrogen-bond acceptors (Lipinski definition) is 4. The van der Waals surface area contributed by atoms with Crippen molar-refractivity contribution in [1.82, 2.24) is 14.5 Å². The number of carbonyl (C=O) groups excluding carboxylic acids is 2. The van der Waals surface area contributed by atoms with E-state index < -0.39 is 23.2 Å². The molecule has 4 rings (SSSR count). The first-order valence-corrected chi connectivity index (χ1v) is 9.77. The SMILES string of the molecule is COC(=O)c1ncn2c1[C@@H](C(C)(C)C)N(C(=O)N1CCCC1)c1cc(F)ccc1-2. The van der Waals surface area contributed by atoms with Gasteiger partial charge in [-0.25, -0.2) is 19.0 Å². The lowest BCUT2D eigenvalue weighted by molar-refractivity contribution is 0.0591. The maximum atomic E-state index is 14.2. The summed E-state index contributed by atoms with van der Waals surface area (Å²) in [6.45, 7) is 7.31. The molecule has 3 heterocycles. The number of likely N-dealkylation sites (tertiary alicyclic amines) is 1. The van der Waals surface area contributed by atoms with E-state index in [4.69, 9.17) is 4.74 Å². The van der Waals surface area contributed by atoms with Gasteiger partial charge in [0, 0.05) is 13.1 Å². The molecule has 8 heteroatoms. The summed E-state index contributed by atoms with van der Waals surface area (Å²) in [6.07, 6.45) is 3.43. The van der Waals surface area contributed by atoms with Gasteiger partial charge in [-0.2, -0.15) is 0 Å². The minimum atomic E-state index is -0.563. The first-order chi connectivity index (χ1) is 13.7. The highest BCUT2D eigenvalue weighted by Crippen LogP contribution is 2.48. The maximum absolute atomic E-state index is 14.2. The number of halogens is 1. The van der Waals surface area contributed by atoms with Crippen LogP contribution in [0.1, 0.15) is 55.8 Å². The van der Waals surface area contributed by atoms with Crippen molar-refractivity contribution >= 4 is 17.7 Å². The van der Waals surface area contributed by atoms with E-state index >= 15 is 0 Å². The van der Waals surface area contributed by atoms with Gasteiger partial charge >= 0.3 is 12.0 Å². The van der Waals surface area contributed by atoms with Gasteiger partial charge in [-0.05, 0) is 36.5 Å². The second-order valence-electron chi connectivity index (χ2n) is 8.59. The topological polar surface area (TPSA) is 67.7 Å². The normalized spacial score (nSPS) is 18.4. The fourth-order valence-electron chi connectivity index (χ4n) is 4.29. The number of rotatable bonds is 1.